The first-order valence-corrected chi connectivity index (χ1v) is 7.83. The third kappa shape index (κ3) is 4.65. The summed E-state index contributed by atoms with van der Waals surface area (Å²) in [5.41, 5.74) is 1.00. The highest BCUT2D eigenvalue weighted by atomic mass is 35.5. The number of benzene rings is 1. The molecule has 0 saturated carbocycles. The summed E-state index contributed by atoms with van der Waals surface area (Å²) in [6.45, 7) is 7.72. The van der Waals surface area contributed by atoms with Crippen LogP contribution in [0.4, 0.5) is 0 Å². The maximum atomic E-state index is 10.1. The fourth-order valence-corrected chi connectivity index (χ4v) is 2.95. The van der Waals surface area contributed by atoms with Crippen molar-refractivity contribution in [2.45, 2.75) is 32.8 Å². The Hall–Kier alpha value is -0.770. The Morgan fingerprint density at radius 3 is 2.75 bits per heavy atom. The Morgan fingerprint density at radius 1 is 1.40 bits per heavy atom. The molecule has 1 aromatic carbocycles. The highest BCUT2D eigenvalue weighted by Crippen LogP contribution is 2.21. The van der Waals surface area contributed by atoms with E-state index in [4.69, 9.17) is 16.3 Å². The molecule has 1 saturated heterocycles. The Labute approximate surface area is 126 Å². The fraction of sp³-hybridized carbons (Fsp3) is 0.625. The predicted molar refractivity (Wildman–Crippen MR) is 81.7 cm³/mol. The number of hydrogen-bond acceptors (Lipinski definition) is 2. The third-order valence-electron chi connectivity index (χ3n) is 4.07. The molecule has 3 nitrogen and oxygen atoms in total. The van der Waals surface area contributed by atoms with Crippen molar-refractivity contribution in [2.75, 3.05) is 26.2 Å². The van der Waals surface area contributed by atoms with Crippen LogP contribution in [0.15, 0.2) is 18.2 Å². The molecule has 0 aromatic heterocycles. The van der Waals surface area contributed by atoms with Gasteiger partial charge in [0.15, 0.2) is 0 Å². The smallest absolute Gasteiger partial charge is 0.137 e. The summed E-state index contributed by atoms with van der Waals surface area (Å²) in [6, 6.07) is 5.55. The fourth-order valence-electron chi connectivity index (χ4n) is 2.73. The maximum absolute atomic E-state index is 10.1. The van der Waals surface area contributed by atoms with E-state index in [1.54, 1.807) is 0 Å². The number of likely N-dealkylation sites (tertiary alicyclic amines) is 1. The average Bonchev–Trinajstić information content (AvgIpc) is 2.40. The second-order valence-corrected chi connectivity index (χ2v) is 6.45. The van der Waals surface area contributed by atoms with E-state index in [0.29, 0.717) is 11.6 Å². The zero-order chi connectivity index (χ0) is 14.5. The van der Waals surface area contributed by atoms with Gasteiger partial charge >= 0.3 is 0 Å². The molecule has 1 aliphatic rings. The van der Waals surface area contributed by atoms with E-state index in [-0.39, 0.29) is 0 Å². The Morgan fingerprint density at radius 2 is 2.10 bits per heavy atom. The molecule has 1 heterocycles. The van der Waals surface area contributed by atoms with Gasteiger partial charge in [0.25, 0.3) is 0 Å². The van der Waals surface area contributed by atoms with Crippen LogP contribution in [0.25, 0.3) is 0 Å². The van der Waals surface area contributed by atoms with Crippen molar-refractivity contribution in [3.63, 3.8) is 0 Å². The molecule has 4 heteroatoms. The van der Waals surface area contributed by atoms with E-state index in [2.05, 4.69) is 6.92 Å². The number of aliphatic hydroxyl groups is 1. The van der Waals surface area contributed by atoms with Crippen LogP contribution in [-0.2, 0) is 0 Å². The van der Waals surface area contributed by atoms with Gasteiger partial charge in [0, 0.05) is 5.02 Å². The lowest BCUT2D eigenvalue weighted by Gasteiger charge is -2.28. The topological polar surface area (TPSA) is 33.9 Å². The molecule has 0 radical (unpaired) electrons. The molecule has 2 rings (SSSR count). The molecule has 2 N–H and O–H groups in total. The number of aliphatic hydroxyl groups excluding tert-OH is 1. The van der Waals surface area contributed by atoms with Crippen LogP contribution < -0.4 is 9.64 Å². The molecular weight excluding hydrogens is 274 g/mol. The molecule has 0 amide bonds. The van der Waals surface area contributed by atoms with Gasteiger partial charge in [-0.05, 0) is 49.4 Å². The normalized spacial score (nSPS) is 24.4. The largest absolute Gasteiger partial charge is 0.490 e. The van der Waals surface area contributed by atoms with Crippen LogP contribution in [0.3, 0.4) is 0 Å². The first-order chi connectivity index (χ1) is 9.54. The van der Waals surface area contributed by atoms with Crippen molar-refractivity contribution in [3.05, 3.63) is 28.8 Å². The van der Waals surface area contributed by atoms with Gasteiger partial charge in [-0.15, -0.1) is 0 Å². The molecule has 20 heavy (non-hydrogen) atoms. The minimum Gasteiger partial charge on any atom is -0.490 e. The minimum absolute atomic E-state index is 0.349. The van der Waals surface area contributed by atoms with Gasteiger partial charge < -0.3 is 14.7 Å². The van der Waals surface area contributed by atoms with Crippen LogP contribution in [-0.4, -0.2) is 37.5 Å². The second kappa shape index (κ2) is 7.30. The van der Waals surface area contributed by atoms with Crippen LogP contribution in [0.5, 0.6) is 5.75 Å². The van der Waals surface area contributed by atoms with Gasteiger partial charge in [-0.1, -0.05) is 18.5 Å². The molecule has 0 unspecified atom stereocenters. The lowest BCUT2D eigenvalue weighted by atomic mass is 9.99. The molecule has 1 fully saturated rings. The Balaban J connectivity index is 1.76. The number of hydrogen-bond donors (Lipinski definition) is 2. The number of aryl methyl sites for hydroxylation is 1. The Bertz CT molecular complexity index is 430. The summed E-state index contributed by atoms with van der Waals surface area (Å²) >= 11 is 5.91. The van der Waals surface area contributed by atoms with Crippen LogP contribution in [0, 0.1) is 12.8 Å². The first kappa shape index (κ1) is 15.6. The molecule has 0 bridgehead atoms. The highest BCUT2D eigenvalue weighted by Gasteiger charge is 2.21. The zero-order valence-corrected chi connectivity index (χ0v) is 13.1. The van der Waals surface area contributed by atoms with E-state index < -0.39 is 6.10 Å². The molecule has 112 valence electrons. The van der Waals surface area contributed by atoms with Crippen molar-refractivity contribution >= 4 is 11.6 Å². The van der Waals surface area contributed by atoms with Gasteiger partial charge in [0.2, 0.25) is 0 Å². The molecule has 1 aliphatic heterocycles. The molecule has 1 aromatic rings. The Kier molecular flexibility index (Phi) is 5.70. The lowest BCUT2D eigenvalue weighted by molar-refractivity contribution is -0.909. The quantitative estimate of drug-likeness (QED) is 0.868. The van der Waals surface area contributed by atoms with Gasteiger partial charge in [-0.2, -0.15) is 0 Å². The van der Waals surface area contributed by atoms with Crippen LogP contribution >= 0.6 is 11.6 Å². The third-order valence-corrected chi connectivity index (χ3v) is 4.31. The van der Waals surface area contributed by atoms with Crippen molar-refractivity contribution in [1.29, 1.82) is 0 Å². The van der Waals surface area contributed by atoms with Crippen LogP contribution in [0.1, 0.15) is 25.3 Å². The molecule has 0 aliphatic carbocycles. The number of ether oxygens (including phenoxy) is 1. The summed E-state index contributed by atoms with van der Waals surface area (Å²) in [7, 11) is 0. The maximum Gasteiger partial charge on any atom is 0.137 e. The number of halogens is 1. The van der Waals surface area contributed by atoms with E-state index in [9.17, 15) is 5.11 Å². The predicted octanol–water partition coefficient (Wildman–Crippen LogP) is 1.70. The number of quaternary nitrogens is 1. The van der Waals surface area contributed by atoms with E-state index in [1.165, 1.54) is 17.7 Å². The van der Waals surface area contributed by atoms with Crippen molar-refractivity contribution in [3.8, 4) is 5.75 Å². The van der Waals surface area contributed by atoms with Gasteiger partial charge in [-0.25, -0.2) is 0 Å². The standard InChI is InChI=1S/C16H24ClNO2/c1-12-5-7-18(8-6-12)10-15(19)11-20-16-4-3-14(17)9-13(16)2/h3-4,9,12,15,19H,5-8,10-11H2,1-2H3/p+1/t15-/m1/s1. The summed E-state index contributed by atoms with van der Waals surface area (Å²) in [4.78, 5) is 1.49. The summed E-state index contributed by atoms with van der Waals surface area (Å²) in [5.74, 6) is 1.64. The van der Waals surface area contributed by atoms with Crippen LogP contribution in [0.2, 0.25) is 5.02 Å². The SMILES string of the molecule is Cc1cc(Cl)ccc1OC[C@H](O)C[NH+]1CCC(C)CC1. The number of piperidine rings is 1. The van der Waals surface area contributed by atoms with Gasteiger partial charge in [0.1, 0.15) is 25.0 Å². The van der Waals surface area contributed by atoms with Crippen molar-refractivity contribution in [2.24, 2.45) is 5.92 Å². The molecule has 1 atom stereocenters. The zero-order valence-electron chi connectivity index (χ0n) is 12.4. The van der Waals surface area contributed by atoms with E-state index >= 15 is 0 Å². The summed E-state index contributed by atoms with van der Waals surface area (Å²) in [5, 5.41) is 10.8. The number of nitrogens with one attached hydrogen (secondary N) is 1. The monoisotopic (exact) mass is 298 g/mol. The summed E-state index contributed by atoms with van der Waals surface area (Å²) in [6.07, 6.45) is 2.12. The van der Waals surface area contributed by atoms with Crippen molar-refractivity contribution < 1.29 is 14.7 Å². The minimum atomic E-state index is -0.409. The second-order valence-electron chi connectivity index (χ2n) is 6.01. The molecular formula is C16H25ClNO2+. The summed E-state index contributed by atoms with van der Waals surface area (Å²) < 4.78 is 5.69. The average molecular weight is 299 g/mol. The van der Waals surface area contributed by atoms with Crippen molar-refractivity contribution in [1.82, 2.24) is 0 Å². The molecule has 0 spiro atoms. The lowest BCUT2D eigenvalue weighted by Crippen LogP contribution is -3.14. The highest BCUT2D eigenvalue weighted by molar-refractivity contribution is 6.30. The van der Waals surface area contributed by atoms with Gasteiger partial charge in [-0.3, -0.25) is 0 Å². The van der Waals surface area contributed by atoms with E-state index in [1.807, 2.05) is 25.1 Å². The number of rotatable bonds is 5. The van der Waals surface area contributed by atoms with Gasteiger partial charge in [0.05, 0.1) is 13.1 Å². The van der Waals surface area contributed by atoms with E-state index in [0.717, 1.165) is 36.9 Å². The first-order valence-electron chi connectivity index (χ1n) is 7.45.